The Bertz CT molecular complexity index is 1350. The number of aromatic nitrogens is 2. The molecule has 2 aromatic carbocycles. The summed E-state index contributed by atoms with van der Waals surface area (Å²) in [7, 11) is 0. The first-order chi connectivity index (χ1) is 15.0. The zero-order chi connectivity index (χ0) is 22.0. The molecular weight excluding hydrogens is 390 g/mol. The molecule has 6 nitrogen and oxygen atoms in total. The Labute approximate surface area is 180 Å². The smallest absolute Gasteiger partial charge is 0.336 e. The number of hydrogen-bond acceptors (Lipinski definition) is 4. The number of nitrogens with zero attached hydrogens (tertiary/aromatic N) is 1. The van der Waals surface area contributed by atoms with Gasteiger partial charge in [-0.1, -0.05) is 37.6 Å². The minimum Gasteiger partial charge on any atom is -0.422 e. The molecule has 2 aromatic heterocycles. The SMILES string of the molecule is CCCC[NH+](Cc1nc2ccccc2c(=O)[nH]1)Cc1cc(=O)oc2c(C)c(C)ccc12. The average molecular weight is 419 g/mol. The monoisotopic (exact) mass is 418 g/mol. The Morgan fingerprint density at radius 1 is 1.03 bits per heavy atom. The Balaban J connectivity index is 1.71. The van der Waals surface area contributed by atoms with Crippen molar-refractivity contribution in [2.75, 3.05) is 6.54 Å². The third-order valence-electron chi connectivity index (χ3n) is 5.92. The summed E-state index contributed by atoms with van der Waals surface area (Å²) < 4.78 is 5.53. The van der Waals surface area contributed by atoms with Crippen molar-refractivity contribution >= 4 is 21.9 Å². The normalized spacial score (nSPS) is 12.5. The summed E-state index contributed by atoms with van der Waals surface area (Å²) in [5.41, 5.74) is 3.97. The van der Waals surface area contributed by atoms with Gasteiger partial charge in [-0.2, -0.15) is 0 Å². The molecule has 0 aliphatic heterocycles. The quantitative estimate of drug-likeness (QED) is 0.452. The van der Waals surface area contributed by atoms with Crippen LogP contribution in [0.15, 0.2) is 56.5 Å². The van der Waals surface area contributed by atoms with E-state index >= 15 is 0 Å². The molecule has 0 amide bonds. The van der Waals surface area contributed by atoms with Gasteiger partial charge in [-0.3, -0.25) is 4.79 Å². The molecule has 4 rings (SSSR count). The van der Waals surface area contributed by atoms with Crippen molar-refractivity contribution in [2.45, 2.75) is 46.7 Å². The van der Waals surface area contributed by atoms with Crippen LogP contribution in [0.3, 0.4) is 0 Å². The molecule has 0 radical (unpaired) electrons. The lowest BCUT2D eigenvalue weighted by molar-refractivity contribution is -0.928. The van der Waals surface area contributed by atoms with Crippen LogP contribution in [-0.2, 0) is 13.1 Å². The second-order valence-electron chi connectivity index (χ2n) is 8.21. The molecule has 2 N–H and O–H groups in total. The number of aryl methyl sites for hydroxylation is 2. The van der Waals surface area contributed by atoms with Crippen LogP contribution in [0.4, 0.5) is 0 Å². The lowest BCUT2D eigenvalue weighted by atomic mass is 10.0. The van der Waals surface area contributed by atoms with E-state index in [9.17, 15) is 9.59 Å². The summed E-state index contributed by atoms with van der Waals surface area (Å²) in [6.45, 7) is 8.30. The minimum atomic E-state index is -0.330. The Kier molecular flexibility index (Phi) is 6.00. The molecule has 0 fully saturated rings. The minimum absolute atomic E-state index is 0.118. The predicted molar refractivity (Wildman–Crippen MR) is 122 cm³/mol. The van der Waals surface area contributed by atoms with Gasteiger partial charge in [0.05, 0.1) is 17.4 Å². The average Bonchev–Trinajstić information content (AvgIpc) is 2.75. The molecule has 0 saturated heterocycles. The summed E-state index contributed by atoms with van der Waals surface area (Å²) in [5.74, 6) is 0.661. The van der Waals surface area contributed by atoms with Crippen molar-refractivity contribution in [3.8, 4) is 0 Å². The van der Waals surface area contributed by atoms with E-state index < -0.39 is 0 Å². The van der Waals surface area contributed by atoms with E-state index in [-0.39, 0.29) is 11.2 Å². The van der Waals surface area contributed by atoms with Crippen LogP contribution in [-0.4, -0.2) is 16.5 Å². The van der Waals surface area contributed by atoms with Crippen LogP contribution in [0.5, 0.6) is 0 Å². The summed E-state index contributed by atoms with van der Waals surface area (Å²) in [4.78, 5) is 33.6. The first-order valence-electron chi connectivity index (χ1n) is 10.8. The van der Waals surface area contributed by atoms with Gasteiger partial charge >= 0.3 is 5.63 Å². The van der Waals surface area contributed by atoms with Crippen LogP contribution in [0.25, 0.3) is 21.9 Å². The number of unbranched alkanes of at least 4 members (excludes halogenated alkanes) is 1. The third kappa shape index (κ3) is 4.44. The molecule has 1 unspecified atom stereocenters. The highest BCUT2D eigenvalue weighted by Gasteiger charge is 2.17. The van der Waals surface area contributed by atoms with Gasteiger partial charge in [-0.25, -0.2) is 9.78 Å². The van der Waals surface area contributed by atoms with Crippen molar-refractivity contribution in [3.63, 3.8) is 0 Å². The van der Waals surface area contributed by atoms with Crippen LogP contribution < -0.4 is 16.1 Å². The second kappa shape index (κ2) is 8.86. The Morgan fingerprint density at radius 2 is 1.84 bits per heavy atom. The van der Waals surface area contributed by atoms with Crippen LogP contribution in [0.1, 0.15) is 42.3 Å². The number of H-pyrrole nitrogens is 1. The molecule has 0 spiro atoms. The maximum Gasteiger partial charge on any atom is 0.336 e. The largest absolute Gasteiger partial charge is 0.422 e. The van der Waals surface area contributed by atoms with Crippen molar-refractivity contribution in [1.29, 1.82) is 0 Å². The first kappa shape index (κ1) is 21.0. The topological polar surface area (TPSA) is 80.4 Å². The van der Waals surface area contributed by atoms with E-state index in [4.69, 9.17) is 4.42 Å². The van der Waals surface area contributed by atoms with Crippen LogP contribution in [0, 0.1) is 13.8 Å². The van der Waals surface area contributed by atoms with Crippen molar-refractivity contribution < 1.29 is 9.32 Å². The summed E-state index contributed by atoms with van der Waals surface area (Å²) in [6.07, 6.45) is 2.12. The van der Waals surface area contributed by atoms with Gasteiger partial charge in [0.2, 0.25) is 0 Å². The lowest BCUT2D eigenvalue weighted by Gasteiger charge is -2.20. The van der Waals surface area contributed by atoms with E-state index in [2.05, 4.69) is 23.0 Å². The van der Waals surface area contributed by atoms with Crippen LogP contribution >= 0.6 is 0 Å². The number of quaternary nitrogens is 1. The van der Waals surface area contributed by atoms with E-state index in [0.717, 1.165) is 41.5 Å². The molecule has 0 aliphatic rings. The van der Waals surface area contributed by atoms with Gasteiger partial charge in [0.15, 0.2) is 5.82 Å². The fourth-order valence-corrected chi connectivity index (χ4v) is 4.06. The zero-order valence-electron chi connectivity index (χ0n) is 18.2. The number of fused-ring (bicyclic) bond motifs is 2. The summed E-state index contributed by atoms with van der Waals surface area (Å²) in [6, 6.07) is 13.1. The van der Waals surface area contributed by atoms with Crippen molar-refractivity contribution in [3.05, 3.63) is 85.8 Å². The third-order valence-corrected chi connectivity index (χ3v) is 5.92. The Hall–Kier alpha value is -3.25. The van der Waals surface area contributed by atoms with Gasteiger partial charge in [-0.05, 0) is 43.5 Å². The molecule has 6 heteroatoms. The number of benzene rings is 2. The van der Waals surface area contributed by atoms with Gasteiger partial charge in [0, 0.05) is 17.0 Å². The summed E-state index contributed by atoms with van der Waals surface area (Å²) >= 11 is 0. The van der Waals surface area contributed by atoms with Gasteiger partial charge in [0.25, 0.3) is 5.56 Å². The molecule has 31 heavy (non-hydrogen) atoms. The number of hydrogen-bond donors (Lipinski definition) is 2. The fraction of sp³-hybridized carbons (Fsp3) is 0.320. The number of para-hydroxylation sites is 1. The van der Waals surface area contributed by atoms with E-state index in [1.54, 1.807) is 12.1 Å². The van der Waals surface area contributed by atoms with Crippen molar-refractivity contribution in [1.82, 2.24) is 9.97 Å². The summed E-state index contributed by atoms with van der Waals surface area (Å²) in [5, 5.41) is 1.57. The highest BCUT2D eigenvalue weighted by atomic mass is 16.4. The van der Waals surface area contributed by atoms with Crippen LogP contribution in [0.2, 0.25) is 0 Å². The number of rotatable bonds is 7. The highest BCUT2D eigenvalue weighted by Crippen LogP contribution is 2.22. The molecule has 0 saturated carbocycles. The number of aromatic amines is 1. The molecular formula is C25H28N3O3+. The highest BCUT2D eigenvalue weighted by molar-refractivity contribution is 5.83. The molecule has 0 bridgehead atoms. The standard InChI is InChI=1S/C25H27N3O3/c1-4-5-12-28(15-22-26-21-9-7-6-8-20(21)25(30)27-22)14-18-13-23(29)31-24-17(3)16(2)10-11-19(18)24/h6-11,13H,4-5,12,14-15H2,1-3H3,(H,26,27,30)/p+1. The molecule has 160 valence electrons. The van der Waals surface area contributed by atoms with Gasteiger partial charge in [-0.15, -0.1) is 0 Å². The fourth-order valence-electron chi connectivity index (χ4n) is 4.06. The first-order valence-corrected chi connectivity index (χ1v) is 10.8. The van der Waals surface area contributed by atoms with E-state index in [1.807, 2.05) is 38.1 Å². The lowest BCUT2D eigenvalue weighted by Crippen LogP contribution is -3.09. The maximum atomic E-state index is 12.5. The number of nitrogens with one attached hydrogen (secondary N) is 2. The Morgan fingerprint density at radius 3 is 2.65 bits per heavy atom. The zero-order valence-corrected chi connectivity index (χ0v) is 18.2. The van der Waals surface area contributed by atoms with Gasteiger partial charge in [0.1, 0.15) is 18.7 Å². The van der Waals surface area contributed by atoms with Gasteiger partial charge < -0.3 is 14.3 Å². The van der Waals surface area contributed by atoms with Crippen molar-refractivity contribution in [2.24, 2.45) is 0 Å². The maximum absolute atomic E-state index is 12.5. The van der Waals surface area contributed by atoms with E-state index in [1.165, 1.54) is 4.90 Å². The molecule has 1 atom stereocenters. The van der Waals surface area contributed by atoms with E-state index in [0.29, 0.717) is 35.4 Å². The molecule has 0 aliphatic carbocycles. The second-order valence-corrected chi connectivity index (χ2v) is 8.21. The predicted octanol–water partition coefficient (Wildman–Crippen LogP) is 3.03. The molecule has 2 heterocycles. The molecule has 4 aromatic rings.